The van der Waals surface area contributed by atoms with E-state index in [2.05, 4.69) is 10.6 Å². The Labute approximate surface area is 117 Å². The molecule has 2 heterocycles. The number of rotatable bonds is 1. The van der Waals surface area contributed by atoms with Crippen LogP contribution in [0.4, 0.5) is 0 Å². The Morgan fingerprint density at radius 1 is 1.26 bits per heavy atom. The highest BCUT2D eigenvalue weighted by atomic mass is 35.5. The zero-order valence-corrected chi connectivity index (χ0v) is 11.5. The number of halogens is 1. The maximum absolute atomic E-state index is 12.5. The van der Waals surface area contributed by atoms with Crippen molar-refractivity contribution < 1.29 is 4.79 Å². The van der Waals surface area contributed by atoms with Crippen molar-refractivity contribution in [2.75, 3.05) is 6.54 Å². The molecule has 0 atom stereocenters. The van der Waals surface area contributed by atoms with Gasteiger partial charge in [0.25, 0.3) is 5.91 Å². The van der Waals surface area contributed by atoms with Gasteiger partial charge in [-0.1, -0.05) is 23.7 Å². The second-order valence-electron chi connectivity index (χ2n) is 4.86. The minimum Gasteiger partial charge on any atom is -0.354 e. The third kappa shape index (κ3) is 2.15. The Balaban J connectivity index is 1.86. The molecule has 1 aromatic heterocycles. The zero-order valence-electron chi connectivity index (χ0n) is 10.8. The molecule has 0 spiro atoms. The molecule has 3 nitrogen and oxygen atoms in total. The molecular weight excluding hydrogens is 260 g/mol. The van der Waals surface area contributed by atoms with E-state index in [0.29, 0.717) is 17.1 Å². The third-order valence-corrected chi connectivity index (χ3v) is 4.00. The summed E-state index contributed by atoms with van der Waals surface area (Å²) in [7, 11) is 2.05. The zero-order chi connectivity index (χ0) is 13.4. The summed E-state index contributed by atoms with van der Waals surface area (Å²) in [5.41, 5.74) is 3.14. The monoisotopic (exact) mass is 274 g/mol. The van der Waals surface area contributed by atoms with E-state index >= 15 is 0 Å². The molecule has 1 aliphatic heterocycles. The summed E-state index contributed by atoms with van der Waals surface area (Å²) in [5.74, 6) is 0.0140. The Bertz CT molecular complexity index is 633. The topological polar surface area (TPSA) is 25.2 Å². The third-order valence-electron chi connectivity index (χ3n) is 3.67. The van der Waals surface area contributed by atoms with E-state index in [0.717, 1.165) is 13.0 Å². The number of hydrogen-bond acceptors (Lipinski definition) is 1. The van der Waals surface area contributed by atoms with Crippen molar-refractivity contribution in [2.24, 2.45) is 7.05 Å². The van der Waals surface area contributed by atoms with Gasteiger partial charge in [-0.05, 0) is 23.8 Å². The van der Waals surface area contributed by atoms with E-state index in [9.17, 15) is 4.79 Å². The maximum atomic E-state index is 12.5. The highest BCUT2D eigenvalue weighted by Crippen LogP contribution is 2.23. The molecule has 0 unspecified atom stereocenters. The van der Waals surface area contributed by atoms with Gasteiger partial charge in [0.15, 0.2) is 0 Å². The van der Waals surface area contributed by atoms with Gasteiger partial charge >= 0.3 is 0 Å². The Morgan fingerprint density at radius 2 is 2.05 bits per heavy atom. The van der Waals surface area contributed by atoms with Gasteiger partial charge in [-0.25, -0.2) is 0 Å². The summed E-state index contributed by atoms with van der Waals surface area (Å²) in [6.45, 7) is 1.41. The predicted molar refractivity (Wildman–Crippen MR) is 75.3 cm³/mol. The summed E-state index contributed by atoms with van der Waals surface area (Å²) in [4.78, 5) is 14.3. The van der Waals surface area contributed by atoms with Gasteiger partial charge in [-0.15, -0.1) is 0 Å². The predicted octanol–water partition coefficient (Wildman–Crippen LogP) is 2.88. The highest BCUT2D eigenvalue weighted by molar-refractivity contribution is 6.33. The normalized spacial score (nSPS) is 14.3. The van der Waals surface area contributed by atoms with Crippen molar-refractivity contribution in [1.82, 2.24) is 9.47 Å². The summed E-state index contributed by atoms with van der Waals surface area (Å²) in [6.07, 6.45) is 2.95. The number of carbonyl (C=O) groups is 1. The van der Waals surface area contributed by atoms with Gasteiger partial charge in [-0.3, -0.25) is 4.79 Å². The van der Waals surface area contributed by atoms with Crippen LogP contribution in [0.3, 0.4) is 0 Å². The van der Waals surface area contributed by atoms with Gasteiger partial charge < -0.3 is 9.47 Å². The van der Waals surface area contributed by atoms with E-state index in [-0.39, 0.29) is 5.91 Å². The lowest BCUT2D eigenvalue weighted by atomic mass is 10.1. The molecular formula is C15H15ClN2O. The highest BCUT2D eigenvalue weighted by Gasteiger charge is 2.24. The number of aryl methyl sites for hydroxylation is 1. The van der Waals surface area contributed by atoms with Crippen LogP contribution in [0.1, 0.15) is 21.6 Å². The molecule has 0 N–H and O–H groups in total. The number of aromatic nitrogens is 1. The molecule has 1 aromatic carbocycles. The number of carbonyl (C=O) groups excluding carboxylic acids is 1. The minimum atomic E-state index is 0.0140. The van der Waals surface area contributed by atoms with Crippen molar-refractivity contribution in [1.29, 1.82) is 0 Å². The molecule has 1 amide bonds. The summed E-state index contributed by atoms with van der Waals surface area (Å²) >= 11 is 6.09. The molecule has 0 radical (unpaired) electrons. The number of amides is 1. The fraction of sp³-hybridized carbons (Fsp3) is 0.267. The van der Waals surface area contributed by atoms with E-state index in [1.807, 2.05) is 30.3 Å². The standard InChI is InChI=1S/C15H15ClN2O/c1-17-8-6-11-10-18(9-7-14(11)17)15(19)12-4-2-3-5-13(12)16/h2-6,8H,7,9-10H2,1H3. The van der Waals surface area contributed by atoms with Crippen molar-refractivity contribution in [3.63, 3.8) is 0 Å². The lowest BCUT2D eigenvalue weighted by Crippen LogP contribution is -2.36. The van der Waals surface area contributed by atoms with Crippen LogP contribution in [0.15, 0.2) is 36.5 Å². The SMILES string of the molecule is Cn1ccc2c1CCN(C(=O)c1ccccc1Cl)C2. The second-order valence-corrected chi connectivity index (χ2v) is 5.26. The minimum absolute atomic E-state index is 0.0140. The number of fused-ring (bicyclic) bond motifs is 1. The van der Waals surface area contributed by atoms with Crippen LogP contribution < -0.4 is 0 Å². The first-order chi connectivity index (χ1) is 9.16. The van der Waals surface area contributed by atoms with Gasteiger partial charge in [0.1, 0.15) is 0 Å². The molecule has 19 heavy (non-hydrogen) atoms. The number of benzene rings is 1. The average Bonchev–Trinajstić information content (AvgIpc) is 2.80. The van der Waals surface area contributed by atoms with Gasteiger partial charge in [0.2, 0.25) is 0 Å². The fourth-order valence-corrected chi connectivity index (χ4v) is 2.82. The van der Waals surface area contributed by atoms with Crippen LogP contribution in [0.5, 0.6) is 0 Å². The van der Waals surface area contributed by atoms with Gasteiger partial charge in [0.05, 0.1) is 10.6 Å². The largest absolute Gasteiger partial charge is 0.354 e. The van der Waals surface area contributed by atoms with Crippen LogP contribution in [0, 0.1) is 0 Å². The maximum Gasteiger partial charge on any atom is 0.255 e. The van der Waals surface area contributed by atoms with Gasteiger partial charge in [-0.2, -0.15) is 0 Å². The Morgan fingerprint density at radius 3 is 2.84 bits per heavy atom. The van der Waals surface area contributed by atoms with E-state index in [1.54, 1.807) is 12.1 Å². The molecule has 0 aliphatic carbocycles. The Hall–Kier alpha value is -1.74. The summed E-state index contributed by atoms with van der Waals surface area (Å²) in [6, 6.07) is 9.31. The van der Waals surface area contributed by atoms with Crippen LogP contribution in [0.25, 0.3) is 0 Å². The Kier molecular flexibility index (Phi) is 3.07. The van der Waals surface area contributed by atoms with Crippen molar-refractivity contribution >= 4 is 17.5 Å². The summed E-state index contributed by atoms with van der Waals surface area (Å²) < 4.78 is 2.13. The van der Waals surface area contributed by atoms with Crippen LogP contribution >= 0.6 is 11.6 Å². The lowest BCUT2D eigenvalue weighted by molar-refractivity contribution is 0.0733. The molecule has 0 saturated carbocycles. The van der Waals surface area contributed by atoms with Crippen LogP contribution in [-0.2, 0) is 20.0 Å². The van der Waals surface area contributed by atoms with Crippen LogP contribution in [0.2, 0.25) is 5.02 Å². The molecule has 2 aromatic rings. The molecule has 98 valence electrons. The molecule has 1 aliphatic rings. The van der Waals surface area contributed by atoms with Crippen molar-refractivity contribution in [3.05, 3.63) is 58.4 Å². The lowest BCUT2D eigenvalue weighted by Gasteiger charge is -2.28. The van der Waals surface area contributed by atoms with Gasteiger partial charge in [0, 0.05) is 38.4 Å². The van der Waals surface area contributed by atoms with E-state index in [1.165, 1.54) is 11.3 Å². The number of hydrogen-bond donors (Lipinski definition) is 0. The van der Waals surface area contributed by atoms with Crippen LogP contribution in [-0.4, -0.2) is 21.9 Å². The second kappa shape index (κ2) is 4.74. The van der Waals surface area contributed by atoms with E-state index < -0.39 is 0 Å². The smallest absolute Gasteiger partial charge is 0.255 e. The number of nitrogens with zero attached hydrogens (tertiary/aromatic N) is 2. The average molecular weight is 275 g/mol. The molecule has 4 heteroatoms. The first kappa shape index (κ1) is 12.3. The summed E-state index contributed by atoms with van der Waals surface area (Å²) in [5, 5.41) is 0.520. The first-order valence-corrected chi connectivity index (χ1v) is 6.71. The van der Waals surface area contributed by atoms with E-state index in [4.69, 9.17) is 11.6 Å². The fourth-order valence-electron chi connectivity index (χ4n) is 2.60. The molecule has 0 bridgehead atoms. The van der Waals surface area contributed by atoms with Crippen molar-refractivity contribution in [3.8, 4) is 0 Å². The first-order valence-electron chi connectivity index (χ1n) is 6.33. The molecule has 0 fully saturated rings. The quantitative estimate of drug-likeness (QED) is 0.785. The molecule has 0 saturated heterocycles. The molecule has 3 rings (SSSR count). The van der Waals surface area contributed by atoms with Crippen molar-refractivity contribution in [2.45, 2.75) is 13.0 Å².